The van der Waals surface area contributed by atoms with Gasteiger partial charge in [-0.3, -0.25) is 14.2 Å². The van der Waals surface area contributed by atoms with Gasteiger partial charge in [0, 0.05) is 19.3 Å². The lowest BCUT2D eigenvalue weighted by Crippen LogP contribution is -2.30. The lowest BCUT2D eigenvalue weighted by atomic mass is 10.1. The van der Waals surface area contributed by atoms with Crippen LogP contribution >= 0.6 is 11.8 Å². The molecule has 1 atom stereocenters. The zero-order chi connectivity index (χ0) is 18.0. The van der Waals surface area contributed by atoms with Gasteiger partial charge in [0.25, 0.3) is 11.5 Å². The SMILES string of the molecule is CSc1nc(O)c(C(=O)Nc2ccc(C3CNNN3)cc2)c(=O)n1C. The molecule has 1 aromatic heterocycles. The molecule has 1 aliphatic rings. The average molecular weight is 362 g/mol. The highest BCUT2D eigenvalue weighted by atomic mass is 32.2. The molecule has 0 aliphatic carbocycles. The van der Waals surface area contributed by atoms with Crippen molar-refractivity contribution >= 4 is 23.4 Å². The summed E-state index contributed by atoms with van der Waals surface area (Å²) < 4.78 is 1.23. The number of hydrazine groups is 2. The molecule has 2 aromatic rings. The highest BCUT2D eigenvalue weighted by molar-refractivity contribution is 7.98. The highest BCUT2D eigenvalue weighted by Gasteiger charge is 2.21. The zero-order valence-corrected chi connectivity index (χ0v) is 14.5. The van der Waals surface area contributed by atoms with Gasteiger partial charge in [-0.25, -0.2) is 10.9 Å². The van der Waals surface area contributed by atoms with Crippen LogP contribution in [-0.2, 0) is 7.05 Å². The predicted octanol–water partition coefficient (Wildman–Crippen LogP) is 0.114. The maximum absolute atomic E-state index is 12.4. The van der Waals surface area contributed by atoms with E-state index < -0.39 is 17.3 Å². The van der Waals surface area contributed by atoms with Gasteiger partial charge in [-0.05, 0) is 24.0 Å². The third kappa shape index (κ3) is 3.51. The fraction of sp³-hybridized carbons (Fsp3) is 0.267. The maximum Gasteiger partial charge on any atom is 0.270 e. The minimum Gasteiger partial charge on any atom is -0.493 e. The second-order valence-corrected chi connectivity index (χ2v) is 6.21. The number of anilines is 1. The molecule has 5 N–H and O–H groups in total. The predicted molar refractivity (Wildman–Crippen MR) is 94.3 cm³/mol. The summed E-state index contributed by atoms with van der Waals surface area (Å²) in [6.07, 6.45) is 1.73. The summed E-state index contributed by atoms with van der Waals surface area (Å²) >= 11 is 1.21. The van der Waals surface area contributed by atoms with E-state index in [1.54, 1.807) is 18.4 Å². The topological polar surface area (TPSA) is 120 Å². The van der Waals surface area contributed by atoms with Crippen LogP contribution < -0.4 is 27.3 Å². The molecule has 1 amide bonds. The zero-order valence-electron chi connectivity index (χ0n) is 13.7. The van der Waals surface area contributed by atoms with Crippen molar-refractivity contribution in [2.75, 3.05) is 18.1 Å². The number of rotatable bonds is 4. The van der Waals surface area contributed by atoms with E-state index in [0.717, 1.165) is 12.1 Å². The quantitative estimate of drug-likeness (QED) is 0.384. The lowest BCUT2D eigenvalue weighted by molar-refractivity contribution is 0.102. The van der Waals surface area contributed by atoms with Crippen molar-refractivity contribution < 1.29 is 9.90 Å². The van der Waals surface area contributed by atoms with Gasteiger partial charge in [-0.2, -0.15) is 10.5 Å². The summed E-state index contributed by atoms with van der Waals surface area (Å²) in [5, 5.41) is 12.9. The van der Waals surface area contributed by atoms with Crippen LogP contribution in [0.25, 0.3) is 0 Å². The third-order valence-corrected chi connectivity index (χ3v) is 4.58. The summed E-state index contributed by atoms with van der Waals surface area (Å²) in [6, 6.07) is 7.34. The number of carbonyl (C=O) groups excluding carboxylic acids is 1. The second kappa shape index (κ2) is 7.23. The number of thioether (sulfide) groups is 1. The maximum atomic E-state index is 12.4. The number of benzene rings is 1. The molecular weight excluding hydrogens is 344 g/mol. The first-order chi connectivity index (χ1) is 12.0. The smallest absolute Gasteiger partial charge is 0.270 e. The van der Waals surface area contributed by atoms with Crippen LogP contribution in [0.5, 0.6) is 5.88 Å². The Bertz CT molecular complexity index is 846. The van der Waals surface area contributed by atoms with E-state index in [-0.39, 0.29) is 11.6 Å². The van der Waals surface area contributed by atoms with Crippen molar-refractivity contribution in [1.29, 1.82) is 0 Å². The summed E-state index contributed by atoms with van der Waals surface area (Å²) in [6.45, 7) is 0.739. The van der Waals surface area contributed by atoms with Crippen molar-refractivity contribution in [3.05, 3.63) is 45.7 Å². The molecule has 0 radical (unpaired) electrons. The van der Waals surface area contributed by atoms with Crippen LogP contribution in [0, 0.1) is 0 Å². The molecular formula is C15H18N6O3S. The van der Waals surface area contributed by atoms with Gasteiger partial charge in [0.05, 0.1) is 6.04 Å². The van der Waals surface area contributed by atoms with Crippen LogP contribution in [0.3, 0.4) is 0 Å². The van der Waals surface area contributed by atoms with Crippen molar-refractivity contribution in [3.8, 4) is 5.88 Å². The first-order valence-electron chi connectivity index (χ1n) is 7.50. The van der Waals surface area contributed by atoms with Crippen LogP contribution in [-0.4, -0.2) is 33.4 Å². The molecule has 2 heterocycles. The van der Waals surface area contributed by atoms with E-state index in [0.29, 0.717) is 10.8 Å². The van der Waals surface area contributed by atoms with Gasteiger partial charge in [-0.15, -0.1) is 0 Å². The van der Waals surface area contributed by atoms with E-state index in [2.05, 4.69) is 26.7 Å². The van der Waals surface area contributed by atoms with Crippen molar-refractivity contribution in [2.24, 2.45) is 7.05 Å². The number of aromatic hydroxyl groups is 1. The first-order valence-corrected chi connectivity index (χ1v) is 8.72. The molecule has 9 nitrogen and oxygen atoms in total. The van der Waals surface area contributed by atoms with Crippen molar-refractivity contribution in [3.63, 3.8) is 0 Å². The Morgan fingerprint density at radius 2 is 2.12 bits per heavy atom. The highest BCUT2D eigenvalue weighted by Crippen LogP contribution is 2.19. The number of nitrogens with zero attached hydrogens (tertiary/aromatic N) is 2. The lowest BCUT2D eigenvalue weighted by Gasteiger charge is -2.11. The monoisotopic (exact) mass is 362 g/mol. The van der Waals surface area contributed by atoms with Crippen LogP contribution in [0.4, 0.5) is 5.69 Å². The molecule has 25 heavy (non-hydrogen) atoms. The number of hydrogen-bond acceptors (Lipinski definition) is 8. The van der Waals surface area contributed by atoms with E-state index in [1.807, 2.05) is 12.1 Å². The molecule has 0 saturated carbocycles. The molecule has 3 rings (SSSR count). The summed E-state index contributed by atoms with van der Waals surface area (Å²) in [4.78, 5) is 28.6. The number of hydrogen-bond donors (Lipinski definition) is 5. The standard InChI is InChI=1S/C15H18N6O3S/c1-21-14(24)11(13(23)18-15(21)25-2)12(22)17-9-5-3-8(4-6-9)10-7-16-20-19-10/h3-6,10,16,19-20,23H,7H2,1-2H3,(H,17,22). The average Bonchev–Trinajstić information content (AvgIpc) is 3.13. The van der Waals surface area contributed by atoms with E-state index in [1.165, 1.54) is 23.4 Å². The van der Waals surface area contributed by atoms with Crippen molar-refractivity contribution in [2.45, 2.75) is 11.2 Å². The van der Waals surface area contributed by atoms with Gasteiger partial charge in [0.1, 0.15) is 0 Å². The Kier molecular flexibility index (Phi) is 5.04. The summed E-state index contributed by atoms with van der Waals surface area (Å²) in [5.41, 5.74) is 9.42. The second-order valence-electron chi connectivity index (χ2n) is 5.44. The number of carbonyl (C=O) groups is 1. The van der Waals surface area contributed by atoms with E-state index >= 15 is 0 Å². The first kappa shape index (κ1) is 17.4. The molecule has 10 heteroatoms. The molecule has 1 fully saturated rings. The minimum atomic E-state index is -0.701. The van der Waals surface area contributed by atoms with Crippen LogP contribution in [0.15, 0.2) is 34.2 Å². The molecule has 0 spiro atoms. The fourth-order valence-electron chi connectivity index (χ4n) is 2.49. The Labute approximate surface area is 147 Å². The Morgan fingerprint density at radius 3 is 2.72 bits per heavy atom. The van der Waals surface area contributed by atoms with Gasteiger partial charge in [-0.1, -0.05) is 23.9 Å². The van der Waals surface area contributed by atoms with Crippen LogP contribution in [0.1, 0.15) is 22.0 Å². The summed E-state index contributed by atoms with van der Waals surface area (Å²) in [5.74, 6) is -1.28. The van der Waals surface area contributed by atoms with Crippen molar-refractivity contribution in [1.82, 2.24) is 25.9 Å². The summed E-state index contributed by atoms with van der Waals surface area (Å²) in [7, 11) is 1.50. The Morgan fingerprint density at radius 1 is 1.40 bits per heavy atom. The molecule has 1 aliphatic heterocycles. The fourth-order valence-corrected chi connectivity index (χ4v) is 3.02. The molecule has 1 saturated heterocycles. The number of nitrogens with one attached hydrogen (secondary N) is 4. The van der Waals surface area contributed by atoms with E-state index in [4.69, 9.17) is 0 Å². The number of amides is 1. The minimum absolute atomic E-state index is 0.129. The Balaban J connectivity index is 1.80. The molecule has 1 unspecified atom stereocenters. The molecule has 132 valence electrons. The van der Waals surface area contributed by atoms with Crippen LogP contribution in [0.2, 0.25) is 0 Å². The Hall–Kier alpha value is -2.40. The number of aromatic nitrogens is 2. The van der Waals surface area contributed by atoms with Gasteiger partial charge < -0.3 is 10.4 Å². The van der Waals surface area contributed by atoms with Gasteiger partial charge >= 0.3 is 0 Å². The van der Waals surface area contributed by atoms with Gasteiger partial charge in [0.15, 0.2) is 10.7 Å². The largest absolute Gasteiger partial charge is 0.493 e. The third-order valence-electron chi connectivity index (χ3n) is 3.85. The van der Waals surface area contributed by atoms with Gasteiger partial charge in [0.2, 0.25) is 5.88 Å². The molecule has 0 bridgehead atoms. The normalized spacial score (nSPS) is 16.8. The molecule has 1 aromatic carbocycles. The van der Waals surface area contributed by atoms with E-state index in [9.17, 15) is 14.7 Å².